The molecular weight excluding hydrogens is 386 g/mol. The third-order valence-electron chi connectivity index (χ3n) is 4.71. The molecule has 150 valence electrons. The predicted octanol–water partition coefficient (Wildman–Crippen LogP) is 4.17. The lowest BCUT2D eigenvalue weighted by Gasteiger charge is -2.25. The first-order chi connectivity index (χ1) is 14.0. The van der Waals surface area contributed by atoms with Gasteiger partial charge < -0.3 is 9.64 Å². The van der Waals surface area contributed by atoms with Crippen LogP contribution in [-0.2, 0) is 11.2 Å². The Hall–Kier alpha value is -3.19. The molecule has 29 heavy (non-hydrogen) atoms. The van der Waals surface area contributed by atoms with E-state index in [2.05, 4.69) is 10.3 Å². The van der Waals surface area contributed by atoms with E-state index in [4.69, 9.17) is 4.74 Å². The number of nitrogens with zero attached hydrogens (tertiary/aromatic N) is 2. The van der Waals surface area contributed by atoms with Crippen molar-refractivity contribution in [3.8, 4) is 5.75 Å². The minimum atomic E-state index is -0.219. The molecule has 0 aliphatic carbocycles. The van der Waals surface area contributed by atoms with E-state index in [0.29, 0.717) is 16.4 Å². The summed E-state index contributed by atoms with van der Waals surface area (Å²) in [6.07, 6.45) is 0.175. The molecule has 3 rings (SSSR count). The van der Waals surface area contributed by atoms with Crippen LogP contribution in [0.4, 0.5) is 5.13 Å². The Morgan fingerprint density at radius 2 is 1.83 bits per heavy atom. The molecule has 2 aromatic carbocycles. The maximum absolute atomic E-state index is 12.7. The van der Waals surface area contributed by atoms with E-state index in [1.807, 2.05) is 37.3 Å². The lowest BCUT2D eigenvalue weighted by Crippen LogP contribution is -2.31. The van der Waals surface area contributed by atoms with Crippen molar-refractivity contribution in [1.82, 2.24) is 9.88 Å². The maximum Gasteiger partial charge on any atom is 0.257 e. The Kier molecular flexibility index (Phi) is 6.61. The molecule has 1 atom stereocenters. The molecule has 0 saturated carbocycles. The Bertz CT molecular complexity index is 970. The molecule has 0 bridgehead atoms. The van der Waals surface area contributed by atoms with Gasteiger partial charge in [-0.1, -0.05) is 30.3 Å². The van der Waals surface area contributed by atoms with Crippen LogP contribution in [0.3, 0.4) is 0 Å². The highest BCUT2D eigenvalue weighted by molar-refractivity contribution is 7.14. The van der Waals surface area contributed by atoms with Crippen molar-refractivity contribution in [2.24, 2.45) is 0 Å². The summed E-state index contributed by atoms with van der Waals surface area (Å²) in [6, 6.07) is 16.5. The lowest BCUT2D eigenvalue weighted by atomic mass is 10.1. The molecule has 0 radical (unpaired) electrons. The number of ether oxygens (including phenoxy) is 1. The van der Waals surface area contributed by atoms with Gasteiger partial charge in [0.25, 0.3) is 5.91 Å². The van der Waals surface area contributed by atoms with Crippen LogP contribution in [0.2, 0.25) is 0 Å². The highest BCUT2D eigenvalue weighted by atomic mass is 32.1. The monoisotopic (exact) mass is 409 g/mol. The van der Waals surface area contributed by atoms with Gasteiger partial charge in [-0.2, -0.15) is 0 Å². The molecule has 6 nitrogen and oxygen atoms in total. The second kappa shape index (κ2) is 9.34. The fraction of sp³-hybridized carbons (Fsp3) is 0.227. The summed E-state index contributed by atoms with van der Waals surface area (Å²) in [7, 11) is 3.40. The molecule has 3 aromatic rings. The number of hydrogen-bond acceptors (Lipinski definition) is 5. The molecular formula is C22H23N3O3S. The SMILES string of the molecule is COc1ccc(C(C)N(C)C(=O)Cc2csc(NC(=O)c3ccccc3)n2)cc1. The van der Waals surface area contributed by atoms with Crippen molar-refractivity contribution in [2.75, 3.05) is 19.5 Å². The number of thiazole rings is 1. The van der Waals surface area contributed by atoms with Crippen molar-refractivity contribution in [3.05, 3.63) is 76.8 Å². The zero-order valence-corrected chi connectivity index (χ0v) is 17.4. The van der Waals surface area contributed by atoms with Crippen LogP contribution in [-0.4, -0.2) is 35.9 Å². The van der Waals surface area contributed by atoms with Crippen LogP contribution in [0.25, 0.3) is 0 Å². The first-order valence-corrected chi connectivity index (χ1v) is 10.1. The third-order valence-corrected chi connectivity index (χ3v) is 5.52. The van der Waals surface area contributed by atoms with Crippen LogP contribution >= 0.6 is 11.3 Å². The fourth-order valence-electron chi connectivity index (χ4n) is 2.81. The predicted molar refractivity (Wildman–Crippen MR) is 114 cm³/mol. The van der Waals surface area contributed by atoms with Gasteiger partial charge in [-0.25, -0.2) is 4.98 Å². The highest BCUT2D eigenvalue weighted by Crippen LogP contribution is 2.23. The number of hydrogen-bond donors (Lipinski definition) is 1. The topological polar surface area (TPSA) is 71.5 Å². The fourth-order valence-corrected chi connectivity index (χ4v) is 3.51. The standard InChI is InChI=1S/C22H23N3O3S/c1-15(16-9-11-19(28-3)12-10-16)25(2)20(26)13-18-14-29-22(23-18)24-21(27)17-7-5-4-6-8-17/h4-12,14-15H,13H2,1-3H3,(H,23,24,27). The van der Waals surface area contributed by atoms with Gasteiger partial charge in [0, 0.05) is 18.0 Å². The molecule has 1 aromatic heterocycles. The first-order valence-electron chi connectivity index (χ1n) is 9.18. The molecule has 0 spiro atoms. The van der Waals surface area contributed by atoms with Crippen molar-refractivity contribution in [1.29, 1.82) is 0 Å². The minimum Gasteiger partial charge on any atom is -0.497 e. The quantitative estimate of drug-likeness (QED) is 0.636. The summed E-state index contributed by atoms with van der Waals surface area (Å²) in [5, 5.41) is 5.05. The highest BCUT2D eigenvalue weighted by Gasteiger charge is 2.19. The van der Waals surface area contributed by atoms with Gasteiger partial charge in [0.15, 0.2) is 5.13 Å². The molecule has 0 aliphatic heterocycles. The average Bonchev–Trinajstić information content (AvgIpc) is 3.19. The van der Waals surface area contributed by atoms with Crippen LogP contribution < -0.4 is 10.1 Å². The molecule has 7 heteroatoms. The number of methoxy groups -OCH3 is 1. The summed E-state index contributed by atoms with van der Waals surface area (Å²) < 4.78 is 5.18. The van der Waals surface area contributed by atoms with E-state index < -0.39 is 0 Å². The Balaban J connectivity index is 1.59. The Morgan fingerprint density at radius 3 is 2.48 bits per heavy atom. The second-order valence-corrected chi connectivity index (χ2v) is 7.45. The molecule has 0 fully saturated rings. The molecule has 1 heterocycles. The van der Waals surface area contributed by atoms with Gasteiger partial charge in [0.2, 0.25) is 5.91 Å². The zero-order chi connectivity index (χ0) is 20.8. The molecule has 1 unspecified atom stereocenters. The van der Waals surface area contributed by atoms with Crippen molar-refractivity contribution in [3.63, 3.8) is 0 Å². The smallest absolute Gasteiger partial charge is 0.257 e. The summed E-state index contributed by atoms with van der Waals surface area (Å²) in [5.41, 5.74) is 2.22. The van der Waals surface area contributed by atoms with Crippen molar-refractivity contribution in [2.45, 2.75) is 19.4 Å². The molecule has 2 amide bonds. The number of benzene rings is 2. The number of carbonyl (C=O) groups excluding carboxylic acids is 2. The lowest BCUT2D eigenvalue weighted by molar-refractivity contribution is -0.131. The van der Waals surface area contributed by atoms with Crippen molar-refractivity contribution >= 4 is 28.3 Å². The number of carbonyl (C=O) groups is 2. The second-order valence-electron chi connectivity index (χ2n) is 6.59. The van der Waals surface area contributed by atoms with Gasteiger partial charge in [-0.05, 0) is 36.8 Å². The average molecular weight is 410 g/mol. The number of aromatic nitrogens is 1. The van der Waals surface area contributed by atoms with Crippen LogP contribution in [0, 0.1) is 0 Å². The summed E-state index contributed by atoms with van der Waals surface area (Å²) >= 11 is 1.31. The van der Waals surface area contributed by atoms with E-state index >= 15 is 0 Å². The van der Waals surface area contributed by atoms with Gasteiger partial charge in [0.05, 0.1) is 25.3 Å². The summed E-state index contributed by atoms with van der Waals surface area (Å²) in [6.45, 7) is 1.98. The van der Waals surface area contributed by atoms with E-state index in [-0.39, 0.29) is 24.3 Å². The van der Waals surface area contributed by atoms with Gasteiger partial charge in [-0.3, -0.25) is 14.9 Å². The number of nitrogens with one attached hydrogen (secondary N) is 1. The van der Waals surface area contributed by atoms with Crippen LogP contribution in [0.15, 0.2) is 60.0 Å². The number of rotatable bonds is 7. The maximum atomic E-state index is 12.7. The Labute approximate surface area is 174 Å². The number of amides is 2. The number of likely N-dealkylation sites (N-methyl/N-ethyl adjacent to an activating group) is 1. The van der Waals surface area contributed by atoms with E-state index in [9.17, 15) is 9.59 Å². The molecule has 0 saturated heterocycles. The molecule has 0 aliphatic rings. The summed E-state index contributed by atoms with van der Waals surface area (Å²) in [5.74, 6) is 0.519. The zero-order valence-electron chi connectivity index (χ0n) is 16.6. The van der Waals surface area contributed by atoms with Crippen molar-refractivity contribution < 1.29 is 14.3 Å². The van der Waals surface area contributed by atoms with Gasteiger partial charge >= 0.3 is 0 Å². The van der Waals surface area contributed by atoms with E-state index in [1.165, 1.54) is 11.3 Å². The Morgan fingerprint density at radius 1 is 1.14 bits per heavy atom. The van der Waals surface area contributed by atoms with Crippen LogP contribution in [0.5, 0.6) is 5.75 Å². The number of anilines is 1. The largest absolute Gasteiger partial charge is 0.497 e. The minimum absolute atomic E-state index is 0.0421. The normalized spacial score (nSPS) is 11.6. The van der Waals surface area contributed by atoms with E-state index in [0.717, 1.165) is 11.3 Å². The van der Waals surface area contributed by atoms with Gasteiger partial charge in [0.1, 0.15) is 5.75 Å². The first kappa shape index (κ1) is 20.5. The summed E-state index contributed by atoms with van der Waals surface area (Å²) in [4.78, 5) is 31.0. The van der Waals surface area contributed by atoms with Gasteiger partial charge in [-0.15, -0.1) is 11.3 Å². The molecule has 1 N–H and O–H groups in total. The van der Waals surface area contributed by atoms with Crippen LogP contribution in [0.1, 0.15) is 34.6 Å². The van der Waals surface area contributed by atoms with E-state index in [1.54, 1.807) is 48.7 Å². The third kappa shape index (κ3) is 5.20.